The fraction of sp³-hybridized carbons (Fsp3) is 0.250. The zero-order valence-corrected chi connectivity index (χ0v) is 16.3. The van der Waals surface area contributed by atoms with Gasteiger partial charge in [0.05, 0.1) is 0 Å². The predicted molar refractivity (Wildman–Crippen MR) is 113 cm³/mol. The Morgan fingerprint density at radius 3 is 2.31 bits per heavy atom. The van der Waals surface area contributed by atoms with Gasteiger partial charge in [-0.05, 0) is 35.4 Å². The molecule has 0 unspecified atom stereocenters. The molecular weight excluding hydrogens is 364 g/mol. The number of ether oxygens (including phenoxy) is 1. The molecule has 148 valence electrons. The van der Waals surface area contributed by atoms with E-state index >= 15 is 0 Å². The molecule has 5 heteroatoms. The summed E-state index contributed by atoms with van der Waals surface area (Å²) < 4.78 is 5.58. The number of rotatable bonds is 4. The van der Waals surface area contributed by atoms with Crippen molar-refractivity contribution in [2.45, 2.75) is 6.42 Å². The van der Waals surface area contributed by atoms with Gasteiger partial charge in [-0.3, -0.25) is 9.59 Å². The molecule has 29 heavy (non-hydrogen) atoms. The molecule has 0 saturated carbocycles. The minimum absolute atomic E-state index is 0.0152. The quantitative estimate of drug-likeness (QED) is 0.686. The number of fused-ring (bicyclic) bond motifs is 1. The van der Waals surface area contributed by atoms with E-state index in [0.29, 0.717) is 31.9 Å². The highest BCUT2D eigenvalue weighted by atomic mass is 16.5. The Labute approximate surface area is 170 Å². The summed E-state index contributed by atoms with van der Waals surface area (Å²) in [6.45, 7) is 2.34. The average Bonchev–Trinajstić information content (AvgIpc) is 3.04. The molecule has 1 aliphatic heterocycles. The second-order valence-electron chi connectivity index (χ2n) is 7.15. The van der Waals surface area contributed by atoms with E-state index in [1.807, 2.05) is 77.7 Å². The molecule has 1 heterocycles. The van der Waals surface area contributed by atoms with Crippen molar-refractivity contribution in [1.29, 1.82) is 0 Å². The van der Waals surface area contributed by atoms with Crippen LogP contribution in [0.5, 0.6) is 5.75 Å². The lowest BCUT2D eigenvalue weighted by Gasteiger charge is -2.23. The van der Waals surface area contributed by atoms with Gasteiger partial charge in [0.1, 0.15) is 5.75 Å². The van der Waals surface area contributed by atoms with Crippen LogP contribution >= 0.6 is 0 Å². The molecule has 0 N–H and O–H groups in total. The van der Waals surface area contributed by atoms with Crippen molar-refractivity contribution in [3.8, 4) is 5.75 Å². The van der Waals surface area contributed by atoms with E-state index in [4.69, 9.17) is 4.74 Å². The van der Waals surface area contributed by atoms with Gasteiger partial charge >= 0.3 is 0 Å². The predicted octanol–water partition coefficient (Wildman–Crippen LogP) is 3.59. The smallest absolute Gasteiger partial charge is 0.260 e. The van der Waals surface area contributed by atoms with Crippen LogP contribution < -0.4 is 4.74 Å². The number of nitrogens with zero attached hydrogens (tertiary/aromatic N) is 2. The van der Waals surface area contributed by atoms with Gasteiger partial charge in [-0.2, -0.15) is 0 Å². The summed E-state index contributed by atoms with van der Waals surface area (Å²) >= 11 is 0. The Bertz CT molecular complexity index is 998. The van der Waals surface area contributed by atoms with Gasteiger partial charge in [-0.25, -0.2) is 0 Å². The molecule has 1 saturated heterocycles. The molecule has 2 amide bonds. The largest absolute Gasteiger partial charge is 0.484 e. The first-order chi connectivity index (χ1) is 14.2. The van der Waals surface area contributed by atoms with Crippen molar-refractivity contribution < 1.29 is 14.3 Å². The summed E-state index contributed by atoms with van der Waals surface area (Å²) in [4.78, 5) is 29.3. The lowest BCUT2D eigenvalue weighted by Crippen LogP contribution is -2.39. The van der Waals surface area contributed by atoms with Crippen molar-refractivity contribution in [2.24, 2.45) is 0 Å². The van der Waals surface area contributed by atoms with Crippen LogP contribution in [0, 0.1) is 0 Å². The maximum Gasteiger partial charge on any atom is 0.260 e. The molecule has 1 fully saturated rings. The number of para-hydroxylation sites is 1. The number of carbonyl (C=O) groups excluding carboxylic acids is 2. The Hall–Kier alpha value is -3.34. The Balaban J connectivity index is 1.39. The van der Waals surface area contributed by atoms with E-state index < -0.39 is 0 Å². The van der Waals surface area contributed by atoms with Crippen molar-refractivity contribution in [1.82, 2.24) is 9.80 Å². The van der Waals surface area contributed by atoms with Crippen LogP contribution in [0.1, 0.15) is 16.8 Å². The lowest BCUT2D eigenvalue weighted by atomic mass is 10.0. The topological polar surface area (TPSA) is 49.9 Å². The third-order valence-electron chi connectivity index (χ3n) is 5.26. The lowest BCUT2D eigenvalue weighted by molar-refractivity contribution is -0.133. The fourth-order valence-electron chi connectivity index (χ4n) is 3.71. The fourth-order valence-corrected chi connectivity index (χ4v) is 3.71. The van der Waals surface area contributed by atoms with Crippen molar-refractivity contribution in [3.63, 3.8) is 0 Å². The Morgan fingerprint density at radius 2 is 1.45 bits per heavy atom. The molecule has 5 nitrogen and oxygen atoms in total. The molecule has 0 bridgehead atoms. The maximum atomic E-state index is 13.2. The highest BCUT2D eigenvalue weighted by Gasteiger charge is 2.24. The molecule has 0 aliphatic carbocycles. The van der Waals surface area contributed by atoms with Crippen LogP contribution in [0.3, 0.4) is 0 Å². The monoisotopic (exact) mass is 388 g/mol. The third-order valence-corrected chi connectivity index (χ3v) is 5.26. The van der Waals surface area contributed by atoms with E-state index in [1.165, 1.54) is 0 Å². The first-order valence-corrected chi connectivity index (χ1v) is 9.95. The zero-order valence-electron chi connectivity index (χ0n) is 16.3. The van der Waals surface area contributed by atoms with Crippen LogP contribution in [0.25, 0.3) is 10.8 Å². The number of carbonyl (C=O) groups is 2. The van der Waals surface area contributed by atoms with Gasteiger partial charge in [0.2, 0.25) is 0 Å². The SMILES string of the molecule is O=C(COc1ccccc1)N1CCCN(C(=O)c2cccc3ccccc23)CC1. The van der Waals surface area contributed by atoms with E-state index in [9.17, 15) is 9.59 Å². The minimum Gasteiger partial charge on any atom is -0.484 e. The van der Waals surface area contributed by atoms with Crippen LogP contribution in [-0.4, -0.2) is 54.4 Å². The number of benzene rings is 3. The third kappa shape index (κ3) is 4.40. The molecule has 0 atom stereocenters. The molecule has 3 aromatic carbocycles. The van der Waals surface area contributed by atoms with Crippen LogP contribution in [-0.2, 0) is 4.79 Å². The van der Waals surface area contributed by atoms with Gasteiger partial charge in [0, 0.05) is 31.7 Å². The summed E-state index contributed by atoms with van der Waals surface area (Å²) in [5.74, 6) is 0.661. The molecule has 0 aromatic heterocycles. The van der Waals surface area contributed by atoms with Crippen LogP contribution in [0.4, 0.5) is 0 Å². The van der Waals surface area contributed by atoms with Gasteiger partial charge in [-0.15, -0.1) is 0 Å². The van der Waals surface area contributed by atoms with Crippen LogP contribution in [0.2, 0.25) is 0 Å². The Kier molecular flexibility index (Phi) is 5.75. The second kappa shape index (κ2) is 8.78. The number of amides is 2. The highest BCUT2D eigenvalue weighted by Crippen LogP contribution is 2.21. The summed E-state index contributed by atoms with van der Waals surface area (Å²) in [6.07, 6.45) is 0.758. The van der Waals surface area contributed by atoms with Gasteiger partial charge in [0.25, 0.3) is 11.8 Å². The molecule has 3 aromatic rings. The van der Waals surface area contributed by atoms with Crippen LogP contribution in [0.15, 0.2) is 72.8 Å². The number of hydrogen-bond acceptors (Lipinski definition) is 3. The highest BCUT2D eigenvalue weighted by molar-refractivity contribution is 6.07. The maximum absolute atomic E-state index is 13.2. The molecule has 0 spiro atoms. The van der Waals surface area contributed by atoms with Gasteiger partial charge in [0.15, 0.2) is 6.61 Å². The standard InChI is InChI=1S/C24H24N2O3/c27-23(18-29-20-10-2-1-3-11-20)25-14-7-15-26(17-16-25)24(28)22-13-6-9-19-8-4-5-12-21(19)22/h1-6,8-13H,7,14-18H2. The Morgan fingerprint density at radius 1 is 0.759 bits per heavy atom. The normalized spacial score (nSPS) is 14.5. The average molecular weight is 388 g/mol. The zero-order chi connectivity index (χ0) is 20.1. The van der Waals surface area contributed by atoms with Gasteiger partial charge < -0.3 is 14.5 Å². The summed E-state index contributed by atoms with van der Waals surface area (Å²) in [6, 6.07) is 23.1. The van der Waals surface area contributed by atoms with Crippen molar-refractivity contribution in [2.75, 3.05) is 32.8 Å². The summed E-state index contributed by atoms with van der Waals surface area (Å²) in [5.41, 5.74) is 0.718. The molecule has 0 radical (unpaired) electrons. The van der Waals surface area contributed by atoms with Crippen molar-refractivity contribution in [3.05, 3.63) is 78.4 Å². The van der Waals surface area contributed by atoms with E-state index in [2.05, 4.69) is 0 Å². The molecule has 1 aliphatic rings. The molecular formula is C24H24N2O3. The number of hydrogen-bond donors (Lipinski definition) is 0. The first kappa shape index (κ1) is 19.0. The molecule has 4 rings (SSSR count). The first-order valence-electron chi connectivity index (χ1n) is 9.95. The van der Waals surface area contributed by atoms with E-state index in [1.54, 1.807) is 4.90 Å². The summed E-state index contributed by atoms with van der Waals surface area (Å²) in [7, 11) is 0. The summed E-state index contributed by atoms with van der Waals surface area (Å²) in [5, 5.41) is 2.02. The minimum atomic E-state index is -0.0479. The van der Waals surface area contributed by atoms with Gasteiger partial charge in [-0.1, -0.05) is 54.6 Å². The van der Waals surface area contributed by atoms with E-state index in [0.717, 1.165) is 22.8 Å². The second-order valence-corrected chi connectivity index (χ2v) is 7.15. The van der Waals surface area contributed by atoms with Crippen molar-refractivity contribution >= 4 is 22.6 Å². The van der Waals surface area contributed by atoms with E-state index in [-0.39, 0.29) is 18.4 Å².